The Hall–Kier alpha value is -2.13. The Morgan fingerprint density at radius 3 is 2.59 bits per heavy atom. The molecule has 1 aromatic rings. The Morgan fingerprint density at radius 1 is 1.24 bits per heavy atom. The maximum absolute atomic E-state index is 12.5. The fourth-order valence-corrected chi connectivity index (χ4v) is 3.11. The molecule has 1 heterocycles. The molecule has 1 aliphatic heterocycles. The van der Waals surface area contributed by atoms with Crippen molar-refractivity contribution in [2.45, 2.75) is 39.5 Å². The summed E-state index contributed by atoms with van der Waals surface area (Å²) in [6.07, 6.45) is 0. The lowest BCUT2D eigenvalue weighted by Crippen LogP contribution is -2.56. The third kappa shape index (κ3) is 7.32. The summed E-state index contributed by atoms with van der Waals surface area (Å²) in [5, 5.41) is 6.60. The van der Waals surface area contributed by atoms with Crippen LogP contribution in [0, 0.1) is 0 Å². The molecule has 0 saturated carbocycles. The highest BCUT2D eigenvalue weighted by molar-refractivity contribution is 5.79. The first-order valence-corrected chi connectivity index (χ1v) is 9.83. The van der Waals surface area contributed by atoms with E-state index in [4.69, 9.17) is 9.47 Å². The SMILES string of the molecule is CCOc1cc(CNC(=NC)NCC(C)(C)N2CCOCC2)ccc1OC(F)F. The number of halogens is 2. The van der Waals surface area contributed by atoms with Crippen molar-refractivity contribution in [3.8, 4) is 11.5 Å². The van der Waals surface area contributed by atoms with Crippen LogP contribution < -0.4 is 20.1 Å². The van der Waals surface area contributed by atoms with E-state index in [9.17, 15) is 8.78 Å². The van der Waals surface area contributed by atoms with Crippen molar-refractivity contribution in [2.24, 2.45) is 4.99 Å². The van der Waals surface area contributed by atoms with E-state index in [1.807, 2.05) is 0 Å². The molecule has 7 nitrogen and oxygen atoms in total. The van der Waals surface area contributed by atoms with E-state index in [1.54, 1.807) is 26.1 Å². The topological polar surface area (TPSA) is 67.4 Å². The minimum absolute atomic E-state index is 0.0281. The summed E-state index contributed by atoms with van der Waals surface area (Å²) < 4.78 is 40.4. The van der Waals surface area contributed by atoms with E-state index in [1.165, 1.54) is 6.07 Å². The summed E-state index contributed by atoms with van der Waals surface area (Å²) in [6, 6.07) is 4.91. The number of rotatable bonds is 9. The van der Waals surface area contributed by atoms with E-state index in [0.29, 0.717) is 24.9 Å². The minimum atomic E-state index is -2.89. The zero-order chi connectivity index (χ0) is 21.3. The second-order valence-electron chi connectivity index (χ2n) is 7.28. The van der Waals surface area contributed by atoms with Crippen molar-refractivity contribution in [2.75, 3.05) is 46.5 Å². The molecule has 0 atom stereocenters. The molecule has 164 valence electrons. The lowest BCUT2D eigenvalue weighted by Gasteiger charge is -2.41. The van der Waals surface area contributed by atoms with Crippen LogP contribution in [0.2, 0.25) is 0 Å². The van der Waals surface area contributed by atoms with Crippen molar-refractivity contribution in [1.82, 2.24) is 15.5 Å². The van der Waals surface area contributed by atoms with Crippen LogP contribution in [-0.2, 0) is 11.3 Å². The average molecular weight is 414 g/mol. The zero-order valence-electron chi connectivity index (χ0n) is 17.6. The second kappa shape index (κ2) is 11.2. The first kappa shape index (κ1) is 23.2. The van der Waals surface area contributed by atoms with Gasteiger partial charge in [0.25, 0.3) is 0 Å². The molecule has 0 unspecified atom stereocenters. The Labute approximate surface area is 171 Å². The summed E-state index contributed by atoms with van der Waals surface area (Å²) in [5.41, 5.74) is 0.822. The fourth-order valence-electron chi connectivity index (χ4n) is 3.11. The minimum Gasteiger partial charge on any atom is -0.490 e. The molecule has 1 saturated heterocycles. The summed E-state index contributed by atoms with van der Waals surface area (Å²) in [6.45, 7) is 8.15. The standard InChI is InChI=1S/C20H32F2N4O3/c1-5-28-17-12-15(6-7-16(17)29-18(21)22)13-24-19(23-4)25-14-20(2,3)26-8-10-27-11-9-26/h6-7,12,18H,5,8-11,13-14H2,1-4H3,(H2,23,24,25). The Bertz CT molecular complexity index is 665. The lowest BCUT2D eigenvalue weighted by molar-refractivity contribution is -0.0514. The van der Waals surface area contributed by atoms with Gasteiger partial charge in [0.2, 0.25) is 0 Å². The first-order valence-electron chi connectivity index (χ1n) is 9.83. The van der Waals surface area contributed by atoms with Crippen molar-refractivity contribution < 1.29 is 23.0 Å². The van der Waals surface area contributed by atoms with Crippen LogP contribution >= 0.6 is 0 Å². The lowest BCUT2D eigenvalue weighted by atomic mass is 10.0. The first-order chi connectivity index (χ1) is 13.9. The van der Waals surface area contributed by atoms with Crippen molar-refractivity contribution in [3.05, 3.63) is 23.8 Å². The van der Waals surface area contributed by atoms with E-state index < -0.39 is 6.61 Å². The number of aliphatic imine (C=N–C) groups is 1. The van der Waals surface area contributed by atoms with Gasteiger partial charge in [-0.2, -0.15) is 8.78 Å². The summed E-state index contributed by atoms with van der Waals surface area (Å²) in [4.78, 5) is 6.66. The molecular formula is C20H32F2N4O3. The highest BCUT2D eigenvalue weighted by Crippen LogP contribution is 2.29. The van der Waals surface area contributed by atoms with Gasteiger partial charge in [0.05, 0.1) is 19.8 Å². The number of nitrogens with one attached hydrogen (secondary N) is 2. The molecule has 2 rings (SSSR count). The molecule has 0 amide bonds. The van der Waals surface area contributed by atoms with E-state index in [0.717, 1.165) is 38.4 Å². The number of morpholine rings is 1. The van der Waals surface area contributed by atoms with Gasteiger partial charge in [-0.3, -0.25) is 9.89 Å². The molecule has 1 fully saturated rings. The van der Waals surface area contributed by atoms with E-state index >= 15 is 0 Å². The van der Waals surface area contributed by atoms with Crippen LogP contribution in [0.15, 0.2) is 23.2 Å². The number of alkyl halides is 2. The summed E-state index contributed by atoms with van der Waals surface area (Å²) >= 11 is 0. The molecule has 2 N–H and O–H groups in total. The van der Waals surface area contributed by atoms with Gasteiger partial charge < -0.3 is 24.8 Å². The quantitative estimate of drug-likeness (QED) is 0.478. The molecule has 1 aromatic carbocycles. The monoisotopic (exact) mass is 414 g/mol. The maximum atomic E-state index is 12.5. The van der Waals surface area contributed by atoms with E-state index in [2.05, 4.69) is 39.1 Å². The predicted octanol–water partition coefficient (Wildman–Crippen LogP) is 2.46. The molecule has 0 spiro atoms. The molecule has 0 aromatic heterocycles. The largest absolute Gasteiger partial charge is 0.490 e. The molecule has 9 heteroatoms. The number of hydrogen-bond acceptors (Lipinski definition) is 5. The summed E-state index contributed by atoms with van der Waals surface area (Å²) in [5.74, 6) is 0.987. The Morgan fingerprint density at radius 2 is 1.97 bits per heavy atom. The smallest absolute Gasteiger partial charge is 0.387 e. The Balaban J connectivity index is 1.92. The van der Waals surface area contributed by atoms with Crippen LogP contribution in [-0.4, -0.2) is 69.5 Å². The highest BCUT2D eigenvalue weighted by atomic mass is 19.3. The molecule has 0 aliphatic carbocycles. The van der Waals surface area contributed by atoms with Crippen LogP contribution in [0.1, 0.15) is 26.3 Å². The third-order valence-corrected chi connectivity index (χ3v) is 4.76. The van der Waals surface area contributed by atoms with Gasteiger partial charge in [0, 0.05) is 38.8 Å². The van der Waals surface area contributed by atoms with Gasteiger partial charge in [0.1, 0.15) is 0 Å². The van der Waals surface area contributed by atoms with Gasteiger partial charge in [-0.15, -0.1) is 0 Å². The van der Waals surface area contributed by atoms with Crippen LogP contribution in [0.4, 0.5) is 8.78 Å². The summed E-state index contributed by atoms with van der Waals surface area (Å²) in [7, 11) is 1.71. The maximum Gasteiger partial charge on any atom is 0.387 e. The number of benzene rings is 1. The normalized spacial score (nSPS) is 16.0. The van der Waals surface area contributed by atoms with Crippen LogP contribution in [0.3, 0.4) is 0 Å². The molecule has 1 aliphatic rings. The molecule has 0 radical (unpaired) electrons. The molecular weight excluding hydrogens is 382 g/mol. The molecule has 29 heavy (non-hydrogen) atoms. The zero-order valence-corrected chi connectivity index (χ0v) is 17.6. The predicted molar refractivity (Wildman–Crippen MR) is 109 cm³/mol. The van der Waals surface area contributed by atoms with Crippen molar-refractivity contribution in [1.29, 1.82) is 0 Å². The number of hydrogen-bond donors (Lipinski definition) is 2. The van der Waals surface area contributed by atoms with Gasteiger partial charge in [-0.1, -0.05) is 6.07 Å². The average Bonchev–Trinajstić information content (AvgIpc) is 2.70. The van der Waals surface area contributed by atoms with Crippen LogP contribution in [0.5, 0.6) is 11.5 Å². The van der Waals surface area contributed by atoms with Crippen LogP contribution in [0.25, 0.3) is 0 Å². The van der Waals surface area contributed by atoms with E-state index in [-0.39, 0.29) is 11.3 Å². The molecule has 0 bridgehead atoms. The number of guanidine groups is 1. The van der Waals surface area contributed by atoms with Gasteiger partial charge >= 0.3 is 6.61 Å². The fraction of sp³-hybridized carbons (Fsp3) is 0.650. The van der Waals surface area contributed by atoms with Crippen molar-refractivity contribution in [3.63, 3.8) is 0 Å². The van der Waals surface area contributed by atoms with Crippen molar-refractivity contribution >= 4 is 5.96 Å². The van der Waals surface area contributed by atoms with Gasteiger partial charge in [-0.05, 0) is 38.5 Å². The van der Waals surface area contributed by atoms with Gasteiger partial charge in [-0.25, -0.2) is 0 Å². The second-order valence-corrected chi connectivity index (χ2v) is 7.28. The van der Waals surface area contributed by atoms with Gasteiger partial charge in [0.15, 0.2) is 17.5 Å². The third-order valence-electron chi connectivity index (χ3n) is 4.76. The number of nitrogens with zero attached hydrogens (tertiary/aromatic N) is 2. The Kier molecular flexibility index (Phi) is 8.91. The number of ether oxygens (including phenoxy) is 3. The highest BCUT2D eigenvalue weighted by Gasteiger charge is 2.28.